The average molecular weight is 250 g/mol. The van der Waals surface area contributed by atoms with Crippen molar-refractivity contribution in [3.63, 3.8) is 0 Å². The first-order valence-electron chi connectivity index (χ1n) is 5.39. The SMILES string of the molecule is CCn1c(=NC(C)=O)sc2cccc(OC)c21. The molecule has 1 amide bonds. The zero-order valence-corrected chi connectivity index (χ0v) is 10.9. The predicted molar refractivity (Wildman–Crippen MR) is 68.3 cm³/mol. The van der Waals surface area contributed by atoms with E-state index >= 15 is 0 Å². The predicted octanol–water partition coefficient (Wildman–Crippen LogP) is 2.18. The van der Waals surface area contributed by atoms with Gasteiger partial charge in [-0.1, -0.05) is 17.4 Å². The summed E-state index contributed by atoms with van der Waals surface area (Å²) < 4.78 is 8.42. The Hall–Kier alpha value is -1.62. The Kier molecular flexibility index (Phi) is 3.28. The lowest BCUT2D eigenvalue weighted by atomic mass is 10.3. The number of carbonyl (C=O) groups excluding carboxylic acids is 1. The van der Waals surface area contributed by atoms with Crippen LogP contribution in [0.25, 0.3) is 10.2 Å². The number of hydrogen-bond acceptors (Lipinski definition) is 3. The molecule has 0 saturated heterocycles. The van der Waals surface area contributed by atoms with E-state index in [0.717, 1.165) is 27.3 Å². The van der Waals surface area contributed by atoms with Gasteiger partial charge in [0, 0.05) is 13.5 Å². The zero-order chi connectivity index (χ0) is 12.4. The van der Waals surface area contributed by atoms with Crippen molar-refractivity contribution >= 4 is 27.5 Å². The van der Waals surface area contributed by atoms with E-state index < -0.39 is 0 Å². The molecular weight excluding hydrogens is 236 g/mol. The summed E-state index contributed by atoms with van der Waals surface area (Å²) in [5, 5.41) is 0. The van der Waals surface area contributed by atoms with Crippen molar-refractivity contribution in [2.24, 2.45) is 4.99 Å². The lowest BCUT2D eigenvalue weighted by Gasteiger charge is -2.05. The molecule has 0 bridgehead atoms. The summed E-state index contributed by atoms with van der Waals surface area (Å²) in [6.45, 7) is 4.24. The average Bonchev–Trinajstić information content (AvgIpc) is 2.64. The highest BCUT2D eigenvalue weighted by atomic mass is 32.1. The Bertz CT molecular complexity index is 625. The maximum atomic E-state index is 11.1. The number of methoxy groups -OCH3 is 1. The maximum absolute atomic E-state index is 11.1. The smallest absolute Gasteiger partial charge is 0.245 e. The molecule has 0 spiro atoms. The van der Waals surface area contributed by atoms with Crippen LogP contribution < -0.4 is 9.54 Å². The number of carbonyl (C=O) groups is 1. The van der Waals surface area contributed by atoms with Crippen LogP contribution in [0.3, 0.4) is 0 Å². The largest absolute Gasteiger partial charge is 0.495 e. The van der Waals surface area contributed by atoms with E-state index in [0.29, 0.717) is 0 Å². The number of amides is 1. The van der Waals surface area contributed by atoms with Crippen LogP contribution in [0.5, 0.6) is 5.75 Å². The molecule has 17 heavy (non-hydrogen) atoms. The summed E-state index contributed by atoms with van der Waals surface area (Å²) in [4.78, 5) is 15.9. The fraction of sp³-hybridized carbons (Fsp3) is 0.333. The van der Waals surface area contributed by atoms with Gasteiger partial charge in [-0.2, -0.15) is 4.99 Å². The number of aryl methyl sites for hydroxylation is 1. The minimum atomic E-state index is -0.183. The molecule has 0 fully saturated rings. The third-order valence-corrected chi connectivity index (χ3v) is 3.50. The molecule has 0 aliphatic rings. The number of benzene rings is 1. The van der Waals surface area contributed by atoms with E-state index in [-0.39, 0.29) is 5.91 Å². The molecule has 0 N–H and O–H groups in total. The van der Waals surface area contributed by atoms with E-state index in [1.807, 2.05) is 29.7 Å². The molecule has 2 rings (SSSR count). The highest BCUT2D eigenvalue weighted by Crippen LogP contribution is 2.27. The lowest BCUT2D eigenvalue weighted by Crippen LogP contribution is -2.15. The maximum Gasteiger partial charge on any atom is 0.245 e. The van der Waals surface area contributed by atoms with Gasteiger partial charge >= 0.3 is 0 Å². The van der Waals surface area contributed by atoms with Gasteiger partial charge in [-0.15, -0.1) is 0 Å². The molecule has 2 aromatic rings. The topological polar surface area (TPSA) is 43.6 Å². The second kappa shape index (κ2) is 4.71. The number of thiazole rings is 1. The van der Waals surface area contributed by atoms with Gasteiger partial charge in [0.15, 0.2) is 4.80 Å². The highest BCUT2D eigenvalue weighted by Gasteiger charge is 2.09. The van der Waals surface area contributed by atoms with Gasteiger partial charge in [0.1, 0.15) is 11.3 Å². The lowest BCUT2D eigenvalue weighted by molar-refractivity contribution is -0.116. The fourth-order valence-electron chi connectivity index (χ4n) is 1.78. The van der Waals surface area contributed by atoms with Crippen LogP contribution >= 0.6 is 11.3 Å². The van der Waals surface area contributed by atoms with Crippen molar-refractivity contribution in [2.75, 3.05) is 7.11 Å². The summed E-state index contributed by atoms with van der Waals surface area (Å²) >= 11 is 1.50. The van der Waals surface area contributed by atoms with Crippen LogP contribution in [0.2, 0.25) is 0 Å². The van der Waals surface area contributed by atoms with E-state index in [2.05, 4.69) is 4.99 Å². The van der Waals surface area contributed by atoms with Crippen molar-refractivity contribution in [1.82, 2.24) is 4.57 Å². The molecule has 0 aliphatic heterocycles. The molecule has 1 aromatic heterocycles. The number of para-hydroxylation sites is 1. The Morgan fingerprint density at radius 3 is 2.88 bits per heavy atom. The van der Waals surface area contributed by atoms with Gasteiger partial charge in [0.2, 0.25) is 5.91 Å². The molecular formula is C12H14N2O2S. The monoisotopic (exact) mass is 250 g/mol. The van der Waals surface area contributed by atoms with E-state index in [4.69, 9.17) is 4.74 Å². The second-order valence-electron chi connectivity index (χ2n) is 3.57. The number of nitrogens with zero attached hydrogens (tertiary/aromatic N) is 2. The summed E-state index contributed by atoms with van der Waals surface area (Å²) in [7, 11) is 1.65. The van der Waals surface area contributed by atoms with E-state index in [1.54, 1.807) is 7.11 Å². The molecule has 0 aliphatic carbocycles. The molecule has 1 aromatic carbocycles. The quantitative estimate of drug-likeness (QED) is 0.820. The minimum absolute atomic E-state index is 0.183. The molecule has 0 unspecified atom stereocenters. The standard InChI is InChI=1S/C12H14N2O2S/c1-4-14-11-9(16-3)6-5-7-10(11)17-12(14)13-8(2)15/h5-7H,4H2,1-3H3. The van der Waals surface area contributed by atoms with Crippen molar-refractivity contribution in [3.05, 3.63) is 23.0 Å². The van der Waals surface area contributed by atoms with E-state index in [9.17, 15) is 4.79 Å². The van der Waals surface area contributed by atoms with Gasteiger partial charge in [-0.25, -0.2) is 0 Å². The van der Waals surface area contributed by atoms with Crippen LogP contribution in [-0.2, 0) is 11.3 Å². The number of aromatic nitrogens is 1. The molecule has 90 valence electrons. The molecule has 0 radical (unpaired) electrons. The Balaban J connectivity index is 2.85. The van der Waals surface area contributed by atoms with E-state index in [1.165, 1.54) is 18.3 Å². The summed E-state index contributed by atoms with van der Waals surface area (Å²) in [6.07, 6.45) is 0. The van der Waals surface area contributed by atoms with Crippen LogP contribution in [-0.4, -0.2) is 17.6 Å². The molecule has 5 heteroatoms. The Morgan fingerprint density at radius 2 is 2.29 bits per heavy atom. The number of ether oxygens (including phenoxy) is 1. The summed E-state index contributed by atoms with van der Waals surface area (Å²) in [5.74, 6) is 0.628. The zero-order valence-electron chi connectivity index (χ0n) is 10.1. The first kappa shape index (κ1) is 11.9. The van der Waals surface area contributed by atoms with Gasteiger partial charge in [0.05, 0.1) is 11.8 Å². The third kappa shape index (κ3) is 2.10. The first-order chi connectivity index (χ1) is 8.17. The van der Waals surface area contributed by atoms with Crippen LogP contribution in [0.1, 0.15) is 13.8 Å². The third-order valence-electron chi connectivity index (χ3n) is 2.45. The molecule has 0 atom stereocenters. The Labute approximate surface area is 103 Å². The van der Waals surface area contributed by atoms with Gasteiger partial charge in [-0.05, 0) is 19.1 Å². The van der Waals surface area contributed by atoms with Gasteiger partial charge < -0.3 is 9.30 Å². The van der Waals surface area contributed by atoms with Crippen molar-refractivity contribution < 1.29 is 9.53 Å². The van der Waals surface area contributed by atoms with Crippen LogP contribution in [0.15, 0.2) is 23.2 Å². The van der Waals surface area contributed by atoms with Gasteiger partial charge in [-0.3, -0.25) is 4.79 Å². The second-order valence-corrected chi connectivity index (χ2v) is 4.58. The number of fused-ring (bicyclic) bond motifs is 1. The Morgan fingerprint density at radius 1 is 1.53 bits per heavy atom. The van der Waals surface area contributed by atoms with Crippen LogP contribution in [0, 0.1) is 0 Å². The molecule has 4 nitrogen and oxygen atoms in total. The van der Waals surface area contributed by atoms with Crippen LogP contribution in [0.4, 0.5) is 0 Å². The molecule has 1 heterocycles. The first-order valence-corrected chi connectivity index (χ1v) is 6.20. The number of rotatable bonds is 2. The normalized spacial score (nSPS) is 12.1. The van der Waals surface area contributed by atoms with Crippen molar-refractivity contribution in [1.29, 1.82) is 0 Å². The van der Waals surface area contributed by atoms with Gasteiger partial charge in [0.25, 0.3) is 0 Å². The van der Waals surface area contributed by atoms with Crippen molar-refractivity contribution in [2.45, 2.75) is 20.4 Å². The molecule has 0 saturated carbocycles. The summed E-state index contributed by atoms with van der Waals surface area (Å²) in [5.41, 5.74) is 1.00. The summed E-state index contributed by atoms with van der Waals surface area (Å²) in [6, 6.07) is 5.86. The fourth-order valence-corrected chi connectivity index (χ4v) is 2.93. The highest BCUT2D eigenvalue weighted by molar-refractivity contribution is 7.16. The minimum Gasteiger partial charge on any atom is -0.495 e. The van der Waals surface area contributed by atoms with Crippen molar-refractivity contribution in [3.8, 4) is 5.75 Å². The number of hydrogen-bond donors (Lipinski definition) is 0.